The highest BCUT2D eigenvalue weighted by atomic mass is 16.3. The molecule has 0 aliphatic carbocycles. The molecule has 0 aromatic heterocycles. The van der Waals surface area contributed by atoms with Gasteiger partial charge in [-0.3, -0.25) is 9.59 Å². The Morgan fingerprint density at radius 1 is 1.42 bits per heavy atom. The molecule has 0 saturated carbocycles. The van der Waals surface area contributed by atoms with Crippen molar-refractivity contribution in [3.8, 4) is 0 Å². The van der Waals surface area contributed by atoms with Crippen LogP contribution < -0.4 is 0 Å². The number of ketones is 2. The highest BCUT2D eigenvalue weighted by Crippen LogP contribution is 2.15. The van der Waals surface area contributed by atoms with Gasteiger partial charge in [0.1, 0.15) is 17.5 Å². The molecular weight excluding hydrogens is 160 g/mol. The predicted molar refractivity (Wildman–Crippen MR) is 42.6 cm³/mol. The molecular formula is C8H14O4. The first-order valence-corrected chi connectivity index (χ1v) is 3.67. The molecule has 12 heavy (non-hydrogen) atoms. The summed E-state index contributed by atoms with van der Waals surface area (Å²) in [6.45, 7) is 3.72. The van der Waals surface area contributed by atoms with Gasteiger partial charge >= 0.3 is 0 Å². The zero-order valence-electron chi connectivity index (χ0n) is 7.50. The molecule has 70 valence electrons. The van der Waals surface area contributed by atoms with Gasteiger partial charge in [-0.15, -0.1) is 0 Å². The maximum Gasteiger partial charge on any atom is 0.161 e. The monoisotopic (exact) mass is 174 g/mol. The van der Waals surface area contributed by atoms with Crippen LogP contribution in [0.1, 0.15) is 27.2 Å². The zero-order chi connectivity index (χ0) is 9.94. The number of carbonyl (C=O) groups excluding carboxylic acids is 2. The van der Waals surface area contributed by atoms with Gasteiger partial charge in [-0.2, -0.15) is 0 Å². The maximum absolute atomic E-state index is 10.7. The minimum Gasteiger partial charge on any atom is -0.387 e. The topological polar surface area (TPSA) is 74.6 Å². The van der Waals surface area contributed by atoms with Crippen LogP contribution in [0.2, 0.25) is 0 Å². The summed E-state index contributed by atoms with van der Waals surface area (Å²) in [6.07, 6.45) is -1.70. The lowest BCUT2D eigenvalue weighted by Crippen LogP contribution is -2.44. The van der Waals surface area contributed by atoms with Gasteiger partial charge in [-0.25, -0.2) is 0 Å². The van der Waals surface area contributed by atoms with E-state index >= 15 is 0 Å². The molecule has 0 aromatic carbocycles. The molecule has 0 aliphatic heterocycles. The third kappa shape index (κ3) is 3.11. The molecule has 0 rings (SSSR count). The second-order valence-corrected chi connectivity index (χ2v) is 3.25. The van der Waals surface area contributed by atoms with Crippen molar-refractivity contribution in [3.63, 3.8) is 0 Å². The van der Waals surface area contributed by atoms with E-state index in [0.717, 1.165) is 0 Å². The molecule has 2 unspecified atom stereocenters. The van der Waals surface area contributed by atoms with Gasteiger partial charge in [0, 0.05) is 6.42 Å². The number of hydrogen-bond donors (Lipinski definition) is 2. The van der Waals surface area contributed by atoms with Crippen LogP contribution >= 0.6 is 0 Å². The van der Waals surface area contributed by atoms with Gasteiger partial charge in [0.25, 0.3) is 0 Å². The Labute approximate surface area is 71.2 Å². The lowest BCUT2D eigenvalue weighted by Gasteiger charge is -2.25. The molecule has 0 aromatic rings. The Balaban J connectivity index is 4.38. The zero-order valence-corrected chi connectivity index (χ0v) is 7.50. The van der Waals surface area contributed by atoms with Gasteiger partial charge in [0.15, 0.2) is 5.78 Å². The van der Waals surface area contributed by atoms with Crippen molar-refractivity contribution in [2.45, 2.75) is 38.9 Å². The van der Waals surface area contributed by atoms with Gasteiger partial charge in [-0.1, -0.05) is 0 Å². The van der Waals surface area contributed by atoms with E-state index in [4.69, 9.17) is 5.11 Å². The Morgan fingerprint density at radius 2 is 1.83 bits per heavy atom. The van der Waals surface area contributed by atoms with Crippen LogP contribution in [0.5, 0.6) is 0 Å². The highest BCUT2D eigenvalue weighted by molar-refractivity contribution is 5.83. The molecule has 0 heterocycles. The third-order valence-corrected chi connectivity index (χ3v) is 1.58. The van der Waals surface area contributed by atoms with Gasteiger partial charge in [0.2, 0.25) is 0 Å². The number of rotatable bonds is 4. The molecule has 0 aliphatic rings. The summed E-state index contributed by atoms with van der Waals surface area (Å²) < 4.78 is 0. The first-order valence-electron chi connectivity index (χ1n) is 3.67. The fourth-order valence-electron chi connectivity index (χ4n) is 1.04. The minimum atomic E-state index is -1.64. The molecule has 0 bridgehead atoms. The van der Waals surface area contributed by atoms with Crippen molar-refractivity contribution >= 4 is 11.6 Å². The summed E-state index contributed by atoms with van der Waals surface area (Å²) in [5.41, 5.74) is -1.64. The highest BCUT2D eigenvalue weighted by Gasteiger charge is 2.34. The van der Waals surface area contributed by atoms with Gasteiger partial charge in [0.05, 0.1) is 0 Å². The van der Waals surface area contributed by atoms with Crippen LogP contribution in [-0.2, 0) is 9.59 Å². The summed E-state index contributed by atoms with van der Waals surface area (Å²) in [4.78, 5) is 21.3. The summed E-state index contributed by atoms with van der Waals surface area (Å²) in [6, 6.07) is 0. The third-order valence-electron chi connectivity index (χ3n) is 1.58. The minimum absolute atomic E-state index is 0.215. The normalized spacial score (nSPS) is 18.1. The van der Waals surface area contributed by atoms with Crippen molar-refractivity contribution in [2.24, 2.45) is 0 Å². The molecule has 2 N–H and O–H groups in total. The lowest BCUT2D eigenvalue weighted by atomic mass is 9.91. The van der Waals surface area contributed by atoms with E-state index in [1.165, 1.54) is 20.8 Å². The Kier molecular flexibility index (Phi) is 3.55. The van der Waals surface area contributed by atoms with Crippen molar-refractivity contribution in [1.82, 2.24) is 0 Å². The number of carbonyl (C=O) groups is 2. The van der Waals surface area contributed by atoms with E-state index in [1.54, 1.807) is 0 Å². The average Bonchev–Trinajstić information content (AvgIpc) is 1.82. The largest absolute Gasteiger partial charge is 0.387 e. The number of aliphatic hydroxyl groups is 2. The van der Waals surface area contributed by atoms with Crippen LogP contribution in [0, 0.1) is 0 Å². The summed E-state index contributed by atoms with van der Waals surface area (Å²) in [5, 5.41) is 18.6. The van der Waals surface area contributed by atoms with E-state index in [2.05, 4.69) is 0 Å². The first-order chi connectivity index (χ1) is 5.27. The van der Waals surface area contributed by atoms with E-state index in [9.17, 15) is 14.7 Å². The average molecular weight is 174 g/mol. The van der Waals surface area contributed by atoms with Crippen molar-refractivity contribution in [3.05, 3.63) is 0 Å². The fraction of sp³-hybridized carbons (Fsp3) is 0.750. The number of hydrogen-bond acceptors (Lipinski definition) is 4. The van der Waals surface area contributed by atoms with E-state index in [1.807, 2.05) is 0 Å². The van der Waals surface area contributed by atoms with Gasteiger partial charge in [-0.05, 0) is 20.8 Å². The molecule has 0 radical (unpaired) electrons. The van der Waals surface area contributed by atoms with E-state index in [0.29, 0.717) is 0 Å². The molecule has 0 amide bonds. The predicted octanol–water partition coefficient (Wildman–Crippen LogP) is -0.334. The number of aliphatic hydroxyl groups excluding tert-OH is 1. The number of Topliss-reactive ketones (excluding diaryl/α,β-unsaturated/α-hetero) is 2. The van der Waals surface area contributed by atoms with Crippen LogP contribution in [0.3, 0.4) is 0 Å². The van der Waals surface area contributed by atoms with Crippen LogP contribution in [0.4, 0.5) is 0 Å². The lowest BCUT2D eigenvalue weighted by molar-refractivity contribution is -0.143. The van der Waals surface area contributed by atoms with Crippen molar-refractivity contribution < 1.29 is 19.8 Å². The fourth-order valence-corrected chi connectivity index (χ4v) is 1.04. The second kappa shape index (κ2) is 3.78. The molecule has 4 nitrogen and oxygen atoms in total. The van der Waals surface area contributed by atoms with Crippen LogP contribution in [0.15, 0.2) is 0 Å². The SMILES string of the molecule is CC(=O)CC(C)(O)C(O)C(C)=O. The summed E-state index contributed by atoms with van der Waals surface area (Å²) in [7, 11) is 0. The second-order valence-electron chi connectivity index (χ2n) is 3.25. The quantitative estimate of drug-likeness (QED) is 0.611. The Hall–Kier alpha value is -0.740. The van der Waals surface area contributed by atoms with Crippen LogP contribution in [0.25, 0.3) is 0 Å². The molecule has 0 fully saturated rings. The van der Waals surface area contributed by atoms with E-state index in [-0.39, 0.29) is 12.2 Å². The maximum atomic E-state index is 10.7. The Morgan fingerprint density at radius 3 is 2.08 bits per heavy atom. The van der Waals surface area contributed by atoms with Crippen molar-refractivity contribution in [1.29, 1.82) is 0 Å². The molecule has 2 atom stereocenters. The summed E-state index contributed by atoms with van der Waals surface area (Å²) in [5.74, 6) is -0.804. The van der Waals surface area contributed by atoms with E-state index < -0.39 is 17.5 Å². The molecule has 0 spiro atoms. The summed E-state index contributed by atoms with van der Waals surface area (Å²) >= 11 is 0. The molecule has 0 saturated heterocycles. The van der Waals surface area contributed by atoms with Crippen molar-refractivity contribution in [2.75, 3.05) is 0 Å². The standard InChI is InChI=1S/C8H14O4/c1-5(9)4-8(3,12)7(11)6(2)10/h7,11-12H,4H2,1-3H3. The molecule has 4 heteroatoms. The van der Waals surface area contributed by atoms with Gasteiger partial charge < -0.3 is 10.2 Å². The van der Waals surface area contributed by atoms with Crippen LogP contribution in [-0.4, -0.2) is 33.5 Å². The first kappa shape index (κ1) is 11.3. The Bertz CT molecular complexity index is 195. The smallest absolute Gasteiger partial charge is 0.161 e.